The van der Waals surface area contributed by atoms with Crippen LogP contribution in [0.5, 0.6) is 5.75 Å². The van der Waals surface area contributed by atoms with Gasteiger partial charge in [0.15, 0.2) is 10.7 Å². The second kappa shape index (κ2) is 8.91. The van der Waals surface area contributed by atoms with Crippen molar-refractivity contribution in [3.05, 3.63) is 99.3 Å². The molecule has 33 heavy (non-hydrogen) atoms. The molecule has 0 fully saturated rings. The lowest BCUT2D eigenvalue weighted by molar-refractivity contribution is 0.306. The van der Waals surface area contributed by atoms with Crippen LogP contribution in [0.25, 0.3) is 22.1 Å². The first kappa shape index (κ1) is 22.7. The Hall–Kier alpha value is -2.13. The van der Waals surface area contributed by atoms with Crippen LogP contribution >= 0.6 is 57.1 Å². The molecule has 5 aromatic rings. The molecule has 2 aromatic heterocycles. The Balaban J connectivity index is 1.50. The number of imidazole rings is 1. The van der Waals surface area contributed by atoms with Crippen molar-refractivity contribution < 1.29 is 4.74 Å². The minimum Gasteiger partial charge on any atom is -0.486 e. The van der Waals surface area contributed by atoms with Crippen LogP contribution in [0.1, 0.15) is 22.3 Å². The van der Waals surface area contributed by atoms with Gasteiger partial charge in [-0.05, 0) is 101 Å². The minimum absolute atomic E-state index is 0.105. The number of thiazole rings is 1. The Morgan fingerprint density at radius 2 is 1.73 bits per heavy atom. The van der Waals surface area contributed by atoms with Crippen LogP contribution in [0.3, 0.4) is 0 Å². The van der Waals surface area contributed by atoms with Crippen LogP contribution < -0.4 is 14.8 Å². The summed E-state index contributed by atoms with van der Waals surface area (Å²) >= 11 is 16.6. The fraction of sp³-hybridized carbons (Fsp3) is 0.120. The molecular weight excluding hydrogens is 590 g/mol. The maximum absolute atomic E-state index is 13.1. The number of benzene rings is 3. The van der Waals surface area contributed by atoms with Gasteiger partial charge < -0.3 is 4.74 Å². The minimum atomic E-state index is -0.105. The lowest BCUT2D eigenvalue weighted by Crippen LogP contribution is -2.22. The molecule has 0 aliphatic rings. The standard InChI is InChI=1S/C25H17Cl2IN2O2S/c1-13-7-20-21(8-14(13)2)30-24(31)22(33-25(30)29-20)11-16-9-18(26)23(19(27)10-16)32-12-15-3-5-17(28)6-4-15/h3-11H,12H2,1-2H3/b22-11-. The van der Waals surface area contributed by atoms with Gasteiger partial charge in [-0.1, -0.05) is 46.7 Å². The van der Waals surface area contributed by atoms with Gasteiger partial charge in [0, 0.05) is 3.57 Å². The monoisotopic (exact) mass is 606 g/mol. The first-order chi connectivity index (χ1) is 15.8. The second-order valence-corrected chi connectivity index (χ2v) is 10.9. The molecule has 2 heterocycles. The van der Waals surface area contributed by atoms with Crippen LogP contribution in [0.2, 0.25) is 10.0 Å². The first-order valence-electron chi connectivity index (χ1n) is 10.1. The molecule has 5 rings (SSSR count). The molecular formula is C25H17Cl2IN2O2S. The van der Waals surface area contributed by atoms with Gasteiger partial charge in [0.25, 0.3) is 5.56 Å². The normalized spacial score (nSPS) is 12.2. The highest BCUT2D eigenvalue weighted by atomic mass is 127. The van der Waals surface area contributed by atoms with Crippen molar-refractivity contribution in [2.24, 2.45) is 0 Å². The van der Waals surface area contributed by atoms with Crippen molar-refractivity contribution in [1.29, 1.82) is 0 Å². The molecule has 4 nitrogen and oxygen atoms in total. The highest BCUT2D eigenvalue weighted by Crippen LogP contribution is 2.35. The van der Waals surface area contributed by atoms with Crippen LogP contribution in [-0.4, -0.2) is 9.38 Å². The summed E-state index contributed by atoms with van der Waals surface area (Å²) in [4.78, 5) is 18.4. The highest BCUT2D eigenvalue weighted by Gasteiger charge is 2.14. The van der Waals surface area contributed by atoms with E-state index < -0.39 is 0 Å². The zero-order valence-electron chi connectivity index (χ0n) is 17.7. The molecule has 0 saturated heterocycles. The molecule has 0 bridgehead atoms. The summed E-state index contributed by atoms with van der Waals surface area (Å²) in [5.74, 6) is 0.425. The molecule has 0 unspecified atom stereocenters. The molecule has 0 spiro atoms. The largest absolute Gasteiger partial charge is 0.486 e. The molecule has 0 amide bonds. The van der Waals surface area contributed by atoms with E-state index in [0.717, 1.165) is 36.9 Å². The third-order valence-electron chi connectivity index (χ3n) is 5.47. The molecule has 0 saturated carbocycles. The number of aromatic nitrogens is 2. The Kier molecular flexibility index (Phi) is 6.11. The molecule has 0 radical (unpaired) electrons. The number of fused-ring (bicyclic) bond motifs is 3. The summed E-state index contributed by atoms with van der Waals surface area (Å²) in [5.41, 5.74) is 5.57. The van der Waals surface area contributed by atoms with E-state index in [1.165, 1.54) is 11.3 Å². The zero-order valence-corrected chi connectivity index (χ0v) is 22.1. The molecule has 0 N–H and O–H groups in total. The van der Waals surface area contributed by atoms with Crippen molar-refractivity contribution in [3.63, 3.8) is 0 Å². The fourth-order valence-corrected chi connectivity index (χ4v) is 5.57. The third kappa shape index (κ3) is 4.37. The summed E-state index contributed by atoms with van der Waals surface area (Å²) in [5, 5.41) is 0.786. The van der Waals surface area contributed by atoms with Crippen molar-refractivity contribution in [2.75, 3.05) is 0 Å². The van der Waals surface area contributed by atoms with E-state index >= 15 is 0 Å². The summed E-state index contributed by atoms with van der Waals surface area (Å²) in [7, 11) is 0. The average molecular weight is 607 g/mol. The number of hydrogen-bond donors (Lipinski definition) is 0. The molecule has 0 aliphatic heterocycles. The summed E-state index contributed by atoms with van der Waals surface area (Å²) in [6.07, 6.45) is 1.79. The van der Waals surface area contributed by atoms with Crippen molar-refractivity contribution in [2.45, 2.75) is 20.5 Å². The van der Waals surface area contributed by atoms with Crippen LogP contribution in [-0.2, 0) is 6.61 Å². The van der Waals surface area contributed by atoms with Crippen molar-refractivity contribution >= 4 is 79.2 Å². The van der Waals surface area contributed by atoms with Gasteiger partial charge in [-0.25, -0.2) is 9.38 Å². The van der Waals surface area contributed by atoms with E-state index in [0.29, 0.717) is 31.9 Å². The second-order valence-electron chi connectivity index (χ2n) is 7.80. The third-order valence-corrected chi connectivity index (χ3v) is 7.72. The van der Waals surface area contributed by atoms with Gasteiger partial charge in [-0.3, -0.25) is 4.79 Å². The number of halogens is 3. The number of aryl methyl sites for hydroxylation is 2. The molecule has 166 valence electrons. The van der Waals surface area contributed by atoms with Gasteiger partial charge in [-0.2, -0.15) is 0 Å². The Morgan fingerprint density at radius 3 is 2.42 bits per heavy atom. The van der Waals surface area contributed by atoms with E-state index in [1.807, 2.05) is 50.2 Å². The Morgan fingerprint density at radius 1 is 1.06 bits per heavy atom. The predicted octanol–water partition coefficient (Wildman–Crippen LogP) is 6.56. The molecule has 8 heteroatoms. The van der Waals surface area contributed by atoms with Crippen molar-refractivity contribution in [3.8, 4) is 5.75 Å². The fourth-order valence-electron chi connectivity index (χ4n) is 3.61. The Labute approximate surface area is 217 Å². The van der Waals surface area contributed by atoms with Crippen LogP contribution in [0.4, 0.5) is 0 Å². The topological polar surface area (TPSA) is 43.6 Å². The zero-order chi connectivity index (χ0) is 23.3. The van der Waals surface area contributed by atoms with E-state index in [-0.39, 0.29) is 5.56 Å². The number of ether oxygens (including phenoxy) is 1. The lowest BCUT2D eigenvalue weighted by atomic mass is 10.1. The van der Waals surface area contributed by atoms with Crippen LogP contribution in [0.15, 0.2) is 53.3 Å². The average Bonchev–Trinajstić information content (AvgIpc) is 3.25. The summed E-state index contributed by atoms with van der Waals surface area (Å²) in [6, 6.07) is 15.6. The Bertz CT molecular complexity index is 1620. The predicted molar refractivity (Wildman–Crippen MR) is 145 cm³/mol. The molecule has 3 aromatic carbocycles. The molecule has 0 atom stereocenters. The SMILES string of the molecule is Cc1cc2nc3s/c(=C\c4cc(Cl)c(OCc5ccc(I)cc5)c(Cl)c4)c(=O)n3c2cc1C. The van der Waals surface area contributed by atoms with Gasteiger partial charge in [0.2, 0.25) is 0 Å². The molecule has 0 aliphatic carbocycles. The van der Waals surface area contributed by atoms with E-state index in [4.69, 9.17) is 27.9 Å². The van der Waals surface area contributed by atoms with Gasteiger partial charge >= 0.3 is 0 Å². The number of nitrogens with zero attached hydrogens (tertiary/aromatic N) is 2. The highest BCUT2D eigenvalue weighted by molar-refractivity contribution is 14.1. The van der Waals surface area contributed by atoms with Gasteiger partial charge in [0.1, 0.15) is 6.61 Å². The van der Waals surface area contributed by atoms with Gasteiger partial charge in [0.05, 0.1) is 25.6 Å². The quantitative estimate of drug-likeness (QED) is 0.218. The first-order valence-corrected chi connectivity index (χ1v) is 12.8. The number of hydrogen-bond acceptors (Lipinski definition) is 4. The lowest BCUT2D eigenvalue weighted by Gasteiger charge is -2.11. The maximum atomic E-state index is 13.1. The number of rotatable bonds is 4. The van der Waals surface area contributed by atoms with Gasteiger partial charge in [-0.15, -0.1) is 0 Å². The van der Waals surface area contributed by atoms with Crippen LogP contribution in [0, 0.1) is 17.4 Å². The summed E-state index contributed by atoms with van der Waals surface area (Å²) in [6.45, 7) is 4.43. The smallest absolute Gasteiger partial charge is 0.274 e. The van der Waals surface area contributed by atoms with E-state index in [1.54, 1.807) is 22.6 Å². The summed E-state index contributed by atoms with van der Waals surface area (Å²) < 4.78 is 9.26. The maximum Gasteiger partial charge on any atom is 0.274 e. The van der Waals surface area contributed by atoms with E-state index in [2.05, 4.69) is 27.6 Å². The van der Waals surface area contributed by atoms with Crippen molar-refractivity contribution in [1.82, 2.24) is 9.38 Å². The van der Waals surface area contributed by atoms with E-state index in [9.17, 15) is 4.79 Å².